The molecule has 0 atom stereocenters. The highest BCUT2D eigenvalue weighted by Gasteiger charge is 2.19. The summed E-state index contributed by atoms with van der Waals surface area (Å²) in [7, 11) is 0. The summed E-state index contributed by atoms with van der Waals surface area (Å²) < 4.78 is 5.75. The van der Waals surface area contributed by atoms with Crippen molar-refractivity contribution in [2.24, 2.45) is 0 Å². The number of ether oxygens (including phenoxy) is 1. The van der Waals surface area contributed by atoms with Crippen molar-refractivity contribution in [3.8, 4) is 11.5 Å². The van der Waals surface area contributed by atoms with Gasteiger partial charge in [-0.3, -0.25) is 4.98 Å². The van der Waals surface area contributed by atoms with Crippen LogP contribution in [-0.4, -0.2) is 11.0 Å². The number of rotatable bonds is 5. The lowest BCUT2D eigenvalue weighted by molar-refractivity contribution is 0.479. The Morgan fingerprint density at radius 1 is 1.17 bits per heavy atom. The lowest BCUT2D eigenvalue weighted by Gasteiger charge is -2.07. The summed E-state index contributed by atoms with van der Waals surface area (Å²) in [6, 6.07) is 12.7. The van der Waals surface area contributed by atoms with Gasteiger partial charge in [0.15, 0.2) is 0 Å². The summed E-state index contributed by atoms with van der Waals surface area (Å²) in [5.74, 6) is 1.63. The average molecular weight is 240 g/mol. The first-order chi connectivity index (χ1) is 8.90. The van der Waals surface area contributed by atoms with Crippen molar-refractivity contribution >= 4 is 0 Å². The lowest BCUT2D eigenvalue weighted by atomic mass is 10.2. The first-order valence-corrected chi connectivity index (χ1v) is 6.30. The summed E-state index contributed by atoms with van der Waals surface area (Å²) in [5, 5.41) is 3.50. The second-order valence-electron chi connectivity index (χ2n) is 4.59. The Labute approximate surface area is 107 Å². The second kappa shape index (κ2) is 5.19. The number of nitrogens with zero attached hydrogens (tertiary/aromatic N) is 1. The Hall–Kier alpha value is -1.87. The lowest BCUT2D eigenvalue weighted by Crippen LogP contribution is -2.15. The van der Waals surface area contributed by atoms with Crippen LogP contribution >= 0.6 is 0 Å². The van der Waals surface area contributed by atoms with E-state index in [-0.39, 0.29) is 0 Å². The summed E-state index contributed by atoms with van der Waals surface area (Å²) in [6.45, 7) is 0.912. The topological polar surface area (TPSA) is 34.1 Å². The van der Waals surface area contributed by atoms with Crippen molar-refractivity contribution in [3.63, 3.8) is 0 Å². The predicted molar refractivity (Wildman–Crippen MR) is 70.6 cm³/mol. The quantitative estimate of drug-likeness (QED) is 0.871. The van der Waals surface area contributed by atoms with Gasteiger partial charge in [0.25, 0.3) is 0 Å². The highest BCUT2D eigenvalue weighted by atomic mass is 16.5. The van der Waals surface area contributed by atoms with Crippen LogP contribution in [0.1, 0.15) is 18.4 Å². The molecule has 0 amide bonds. The monoisotopic (exact) mass is 240 g/mol. The van der Waals surface area contributed by atoms with Crippen molar-refractivity contribution in [1.29, 1.82) is 0 Å². The Morgan fingerprint density at radius 2 is 2.06 bits per heavy atom. The Bertz CT molecular complexity index is 509. The second-order valence-corrected chi connectivity index (χ2v) is 4.59. The number of pyridine rings is 1. The summed E-state index contributed by atoms with van der Waals surface area (Å²) in [5.41, 5.74) is 1.25. The summed E-state index contributed by atoms with van der Waals surface area (Å²) in [4.78, 5) is 4.03. The third-order valence-corrected chi connectivity index (χ3v) is 2.94. The highest BCUT2D eigenvalue weighted by Crippen LogP contribution is 2.22. The highest BCUT2D eigenvalue weighted by molar-refractivity contribution is 5.32. The fourth-order valence-electron chi connectivity index (χ4n) is 1.81. The van der Waals surface area contributed by atoms with E-state index < -0.39 is 0 Å². The largest absolute Gasteiger partial charge is 0.456 e. The van der Waals surface area contributed by atoms with E-state index in [0.717, 1.165) is 24.1 Å². The van der Waals surface area contributed by atoms with Crippen LogP contribution in [-0.2, 0) is 6.54 Å². The minimum absolute atomic E-state index is 0.730. The molecule has 0 radical (unpaired) electrons. The Morgan fingerprint density at radius 3 is 2.83 bits per heavy atom. The van der Waals surface area contributed by atoms with Gasteiger partial charge in [-0.15, -0.1) is 0 Å². The third kappa shape index (κ3) is 3.08. The molecule has 2 aromatic rings. The minimum Gasteiger partial charge on any atom is -0.456 e. The van der Waals surface area contributed by atoms with Crippen molar-refractivity contribution in [1.82, 2.24) is 10.3 Å². The zero-order valence-electron chi connectivity index (χ0n) is 10.2. The number of nitrogens with one attached hydrogen (secondary N) is 1. The number of hydrogen-bond donors (Lipinski definition) is 1. The Kier molecular flexibility index (Phi) is 3.24. The standard InChI is InChI=1S/C15H16N2O/c1-3-12(10-17-13-6-7-13)9-14(4-1)18-15-5-2-8-16-11-15/h1-5,8-9,11,13,17H,6-7,10H2. The van der Waals surface area contributed by atoms with Crippen LogP contribution in [0.4, 0.5) is 0 Å². The first-order valence-electron chi connectivity index (χ1n) is 6.30. The molecule has 3 heteroatoms. The van der Waals surface area contributed by atoms with Crippen LogP contribution in [0.25, 0.3) is 0 Å². The molecule has 0 saturated heterocycles. The van der Waals surface area contributed by atoms with Gasteiger partial charge in [-0.1, -0.05) is 12.1 Å². The number of benzene rings is 1. The van der Waals surface area contributed by atoms with Crippen LogP contribution in [0.15, 0.2) is 48.8 Å². The zero-order chi connectivity index (χ0) is 12.2. The molecule has 3 rings (SSSR count). The average Bonchev–Trinajstić information content (AvgIpc) is 3.22. The molecule has 1 N–H and O–H groups in total. The molecule has 1 aromatic heterocycles. The molecule has 1 aliphatic rings. The third-order valence-electron chi connectivity index (χ3n) is 2.94. The minimum atomic E-state index is 0.730. The van der Waals surface area contributed by atoms with Crippen molar-refractivity contribution < 1.29 is 4.74 Å². The molecule has 1 saturated carbocycles. The normalized spacial score (nSPS) is 14.4. The van der Waals surface area contributed by atoms with E-state index in [1.54, 1.807) is 12.4 Å². The molecule has 1 heterocycles. The smallest absolute Gasteiger partial charge is 0.145 e. The van der Waals surface area contributed by atoms with Crippen molar-refractivity contribution in [2.45, 2.75) is 25.4 Å². The van der Waals surface area contributed by atoms with Gasteiger partial charge in [0.2, 0.25) is 0 Å². The van der Waals surface area contributed by atoms with Crippen molar-refractivity contribution in [2.75, 3.05) is 0 Å². The van der Waals surface area contributed by atoms with Crippen LogP contribution in [0.2, 0.25) is 0 Å². The van der Waals surface area contributed by atoms with Crippen LogP contribution in [0.5, 0.6) is 11.5 Å². The predicted octanol–water partition coefficient (Wildman–Crippen LogP) is 3.13. The molecular formula is C15H16N2O. The van der Waals surface area contributed by atoms with E-state index in [1.807, 2.05) is 24.3 Å². The van der Waals surface area contributed by atoms with Gasteiger partial charge >= 0.3 is 0 Å². The van der Waals surface area contributed by atoms with Gasteiger partial charge in [0, 0.05) is 18.8 Å². The van der Waals surface area contributed by atoms with Crippen LogP contribution in [0.3, 0.4) is 0 Å². The van der Waals surface area contributed by atoms with E-state index >= 15 is 0 Å². The SMILES string of the molecule is c1cncc(Oc2cccc(CNC3CC3)c2)c1. The fraction of sp³-hybridized carbons (Fsp3) is 0.267. The van der Waals surface area contributed by atoms with Crippen molar-refractivity contribution in [3.05, 3.63) is 54.4 Å². The molecule has 1 fully saturated rings. The Balaban J connectivity index is 1.66. The molecule has 92 valence electrons. The first kappa shape index (κ1) is 11.2. The zero-order valence-corrected chi connectivity index (χ0v) is 10.2. The molecule has 1 aromatic carbocycles. The van der Waals surface area contributed by atoms with Gasteiger partial charge in [0.05, 0.1) is 6.20 Å². The van der Waals surface area contributed by atoms with Gasteiger partial charge in [-0.05, 0) is 42.7 Å². The fourth-order valence-corrected chi connectivity index (χ4v) is 1.81. The van der Waals surface area contributed by atoms with Gasteiger partial charge in [-0.25, -0.2) is 0 Å². The summed E-state index contributed by atoms with van der Waals surface area (Å²) >= 11 is 0. The molecule has 0 bridgehead atoms. The van der Waals surface area contributed by atoms with E-state index in [0.29, 0.717) is 0 Å². The van der Waals surface area contributed by atoms with E-state index in [9.17, 15) is 0 Å². The van der Waals surface area contributed by atoms with Crippen LogP contribution in [0, 0.1) is 0 Å². The van der Waals surface area contributed by atoms with E-state index in [4.69, 9.17) is 4.74 Å². The number of aromatic nitrogens is 1. The molecule has 0 spiro atoms. The van der Waals surface area contributed by atoms with E-state index in [2.05, 4.69) is 22.4 Å². The molecule has 18 heavy (non-hydrogen) atoms. The maximum Gasteiger partial charge on any atom is 0.145 e. The maximum atomic E-state index is 5.75. The molecule has 0 unspecified atom stereocenters. The maximum absolute atomic E-state index is 5.75. The molecule has 3 nitrogen and oxygen atoms in total. The number of hydrogen-bond acceptors (Lipinski definition) is 3. The molecular weight excluding hydrogens is 224 g/mol. The molecule has 1 aliphatic carbocycles. The van der Waals surface area contributed by atoms with Crippen LogP contribution < -0.4 is 10.1 Å². The van der Waals surface area contributed by atoms with Gasteiger partial charge < -0.3 is 10.1 Å². The van der Waals surface area contributed by atoms with Gasteiger partial charge in [-0.2, -0.15) is 0 Å². The summed E-state index contributed by atoms with van der Waals surface area (Å²) in [6.07, 6.45) is 6.08. The van der Waals surface area contributed by atoms with Gasteiger partial charge in [0.1, 0.15) is 11.5 Å². The van der Waals surface area contributed by atoms with E-state index in [1.165, 1.54) is 18.4 Å². The molecule has 0 aliphatic heterocycles.